The average molecular weight is 471 g/mol. The highest BCUT2D eigenvalue weighted by molar-refractivity contribution is 8.07. The Kier molecular flexibility index (Phi) is 6.69. The molecule has 0 fully saturated rings. The maximum Gasteiger partial charge on any atom is 0.344 e. The van der Waals surface area contributed by atoms with Crippen molar-refractivity contribution in [1.29, 1.82) is 5.26 Å². The molecule has 0 saturated carbocycles. The normalized spacial score (nSPS) is 17.7. The van der Waals surface area contributed by atoms with Gasteiger partial charge in [0, 0.05) is 31.8 Å². The van der Waals surface area contributed by atoms with Crippen LogP contribution in [0.2, 0.25) is 0 Å². The molecule has 0 radical (unpaired) electrons. The van der Waals surface area contributed by atoms with Crippen molar-refractivity contribution in [3.8, 4) is 17.6 Å². The van der Waals surface area contributed by atoms with Gasteiger partial charge in [-0.1, -0.05) is 17.8 Å². The van der Waals surface area contributed by atoms with Crippen molar-refractivity contribution >= 4 is 29.5 Å². The summed E-state index contributed by atoms with van der Waals surface area (Å²) < 4.78 is 15.5. The number of amides is 2. The standard InChI is InChI=1S/C22H22N4O6S/c1-25(2)20(28)18-17(12-7-6-11(30-3)8-14(12)31-4)13(10-23)19(24)26-16(27)9-15(22(29)32-5)33-21(18)26/h6-9,17H,24H2,1-5H3. The molecule has 2 N–H and O–H groups in total. The van der Waals surface area contributed by atoms with Crippen LogP contribution in [0.15, 0.2) is 51.2 Å². The highest BCUT2D eigenvalue weighted by Crippen LogP contribution is 2.50. The molecule has 0 aliphatic carbocycles. The Morgan fingerprint density at radius 2 is 1.91 bits per heavy atom. The largest absolute Gasteiger partial charge is 0.497 e. The summed E-state index contributed by atoms with van der Waals surface area (Å²) in [6.45, 7) is 0. The van der Waals surface area contributed by atoms with Gasteiger partial charge in [0.25, 0.3) is 11.8 Å². The molecular weight excluding hydrogens is 448 g/mol. The quantitative estimate of drug-likeness (QED) is 0.634. The fraction of sp³-hybridized carbons (Fsp3) is 0.273. The van der Waals surface area contributed by atoms with Crippen molar-refractivity contribution in [3.63, 3.8) is 0 Å². The summed E-state index contributed by atoms with van der Waals surface area (Å²) in [5.41, 5.74) is 6.85. The van der Waals surface area contributed by atoms with E-state index in [4.69, 9.17) is 19.9 Å². The van der Waals surface area contributed by atoms with Crippen LogP contribution in [-0.4, -0.2) is 63.0 Å². The molecule has 1 unspecified atom stereocenters. The van der Waals surface area contributed by atoms with Crippen LogP contribution in [0.25, 0.3) is 0 Å². The number of fused-ring (bicyclic) bond motifs is 1. The Balaban J connectivity index is 2.37. The molecule has 1 atom stereocenters. The number of hydrogen-bond donors (Lipinski definition) is 1. The van der Waals surface area contributed by atoms with Gasteiger partial charge < -0.3 is 24.8 Å². The minimum Gasteiger partial charge on any atom is -0.497 e. The first-order chi connectivity index (χ1) is 15.7. The number of allylic oxidation sites excluding steroid dienone is 1. The maximum absolute atomic E-state index is 13.4. The number of methoxy groups -OCH3 is 3. The summed E-state index contributed by atoms with van der Waals surface area (Å²) >= 11 is 0.876. The molecule has 10 nitrogen and oxygen atoms in total. The van der Waals surface area contributed by atoms with Gasteiger partial charge >= 0.3 is 5.97 Å². The van der Waals surface area contributed by atoms with E-state index in [0.717, 1.165) is 22.7 Å². The van der Waals surface area contributed by atoms with Gasteiger partial charge in [-0.2, -0.15) is 5.26 Å². The SMILES string of the molecule is COC(=O)C1=CC(=O)N2C(N)=C(C#N)C(c3ccc(OC)cc3OC)C(C(=O)N(C)C)=C2S1. The van der Waals surface area contributed by atoms with Crippen molar-refractivity contribution in [2.45, 2.75) is 5.92 Å². The number of thioether (sulfide) groups is 1. The van der Waals surface area contributed by atoms with E-state index in [1.54, 1.807) is 32.3 Å². The van der Waals surface area contributed by atoms with E-state index in [9.17, 15) is 19.6 Å². The highest BCUT2D eigenvalue weighted by Gasteiger charge is 2.44. The molecule has 1 aromatic rings. The van der Waals surface area contributed by atoms with E-state index in [1.807, 2.05) is 0 Å². The van der Waals surface area contributed by atoms with Crippen LogP contribution < -0.4 is 15.2 Å². The van der Waals surface area contributed by atoms with Gasteiger partial charge in [0.1, 0.15) is 22.2 Å². The van der Waals surface area contributed by atoms with E-state index < -0.39 is 23.7 Å². The first kappa shape index (κ1) is 23.7. The molecule has 33 heavy (non-hydrogen) atoms. The second kappa shape index (κ2) is 9.30. The molecule has 11 heteroatoms. The number of nitrogens with two attached hydrogens (primary N) is 1. The Bertz CT molecular complexity index is 1180. The number of hydrogen-bond acceptors (Lipinski definition) is 9. The lowest BCUT2D eigenvalue weighted by molar-refractivity contribution is -0.135. The fourth-order valence-electron chi connectivity index (χ4n) is 3.54. The molecule has 172 valence electrons. The van der Waals surface area contributed by atoms with E-state index >= 15 is 0 Å². The van der Waals surface area contributed by atoms with Crippen LogP contribution in [-0.2, 0) is 19.1 Å². The topological polar surface area (TPSA) is 135 Å². The van der Waals surface area contributed by atoms with Crippen molar-refractivity contribution in [1.82, 2.24) is 9.80 Å². The van der Waals surface area contributed by atoms with Crippen LogP contribution in [0.3, 0.4) is 0 Å². The summed E-state index contributed by atoms with van der Waals surface area (Å²) in [7, 11) is 7.23. The van der Waals surface area contributed by atoms with Crippen LogP contribution in [0, 0.1) is 11.3 Å². The lowest BCUT2D eigenvalue weighted by Gasteiger charge is -2.38. The third-order valence-corrected chi connectivity index (χ3v) is 6.20. The zero-order chi connectivity index (χ0) is 24.4. The number of benzene rings is 1. The molecule has 1 aromatic carbocycles. The minimum atomic E-state index is -0.964. The van der Waals surface area contributed by atoms with Gasteiger partial charge in [0.15, 0.2) is 0 Å². The zero-order valence-corrected chi connectivity index (χ0v) is 19.5. The summed E-state index contributed by atoms with van der Waals surface area (Å²) in [6, 6.07) is 7.00. The molecule has 0 aromatic heterocycles. The van der Waals surface area contributed by atoms with Crippen molar-refractivity contribution in [2.75, 3.05) is 35.4 Å². The molecule has 3 rings (SSSR count). The minimum absolute atomic E-state index is 0.00344. The number of nitrogens with zero attached hydrogens (tertiary/aromatic N) is 3. The number of carbonyl (C=O) groups is 3. The number of carbonyl (C=O) groups excluding carboxylic acids is 3. The van der Waals surface area contributed by atoms with E-state index in [0.29, 0.717) is 17.1 Å². The molecular formula is C22H22N4O6S. The summed E-state index contributed by atoms with van der Waals surface area (Å²) in [6.07, 6.45) is 1.06. The zero-order valence-electron chi connectivity index (χ0n) is 18.7. The number of nitriles is 1. The number of esters is 1. The van der Waals surface area contributed by atoms with Gasteiger partial charge in [-0.15, -0.1) is 0 Å². The first-order valence-electron chi connectivity index (χ1n) is 9.59. The number of likely N-dealkylation sites (N-methyl/N-ethyl adjacent to an activating group) is 1. The second-order valence-corrected chi connectivity index (χ2v) is 8.18. The van der Waals surface area contributed by atoms with Crippen LogP contribution in [0.4, 0.5) is 0 Å². The predicted molar refractivity (Wildman–Crippen MR) is 119 cm³/mol. The lowest BCUT2D eigenvalue weighted by atomic mass is 9.82. The maximum atomic E-state index is 13.4. The predicted octanol–water partition coefficient (Wildman–Crippen LogP) is 1.43. The Morgan fingerprint density at radius 3 is 2.45 bits per heavy atom. The van der Waals surface area contributed by atoms with Gasteiger partial charge in [-0.25, -0.2) is 4.79 Å². The molecule has 0 saturated heterocycles. The lowest BCUT2D eigenvalue weighted by Crippen LogP contribution is -2.42. The Hall–Kier alpha value is -3.91. The summed E-state index contributed by atoms with van der Waals surface area (Å²) in [4.78, 5) is 40.9. The van der Waals surface area contributed by atoms with Gasteiger partial charge in [-0.05, 0) is 6.07 Å². The highest BCUT2D eigenvalue weighted by atomic mass is 32.2. The van der Waals surface area contributed by atoms with Crippen molar-refractivity contribution in [2.24, 2.45) is 5.73 Å². The number of ether oxygens (including phenoxy) is 3. The van der Waals surface area contributed by atoms with Gasteiger partial charge in [-0.3, -0.25) is 14.5 Å². The van der Waals surface area contributed by atoms with Crippen LogP contribution in [0.5, 0.6) is 11.5 Å². The second-order valence-electron chi connectivity index (χ2n) is 7.15. The molecule has 2 aliphatic rings. The fourth-order valence-corrected chi connectivity index (χ4v) is 4.67. The third kappa shape index (κ3) is 4.01. The van der Waals surface area contributed by atoms with E-state index in [-0.39, 0.29) is 26.9 Å². The smallest absolute Gasteiger partial charge is 0.344 e. The third-order valence-electron chi connectivity index (χ3n) is 5.10. The average Bonchev–Trinajstić information content (AvgIpc) is 2.81. The van der Waals surface area contributed by atoms with Gasteiger partial charge in [0.2, 0.25) is 0 Å². The van der Waals surface area contributed by atoms with Crippen molar-refractivity contribution in [3.05, 3.63) is 56.7 Å². The van der Waals surface area contributed by atoms with Crippen LogP contribution >= 0.6 is 11.8 Å². The van der Waals surface area contributed by atoms with E-state index in [2.05, 4.69) is 6.07 Å². The Labute approximate surface area is 194 Å². The van der Waals surface area contributed by atoms with E-state index in [1.165, 1.54) is 26.2 Å². The Morgan fingerprint density at radius 1 is 1.21 bits per heavy atom. The summed E-state index contributed by atoms with van der Waals surface area (Å²) in [5.74, 6) is -2.10. The monoisotopic (exact) mass is 470 g/mol. The summed E-state index contributed by atoms with van der Waals surface area (Å²) in [5, 5.41) is 10.1. The molecule has 0 spiro atoms. The molecule has 0 bridgehead atoms. The molecule has 2 aliphatic heterocycles. The van der Waals surface area contributed by atoms with Gasteiger partial charge in [0.05, 0.1) is 49.5 Å². The molecule has 2 amide bonds. The van der Waals surface area contributed by atoms with Crippen molar-refractivity contribution < 1.29 is 28.6 Å². The number of rotatable bonds is 5. The van der Waals surface area contributed by atoms with Crippen LogP contribution in [0.1, 0.15) is 11.5 Å². The first-order valence-corrected chi connectivity index (χ1v) is 10.4. The molecule has 2 heterocycles.